The van der Waals surface area contributed by atoms with Gasteiger partial charge in [0.25, 0.3) is 0 Å². The van der Waals surface area contributed by atoms with Crippen LogP contribution >= 0.6 is 0 Å². The Bertz CT molecular complexity index is 1170. The Hall–Kier alpha value is -3.38. The molecule has 0 radical (unpaired) electrons. The first-order valence-electron chi connectivity index (χ1n) is 13.8. The molecule has 2 fully saturated rings. The average molecular weight is 469 g/mol. The lowest BCUT2D eigenvalue weighted by atomic mass is 9.57. The molecule has 0 heterocycles. The van der Waals surface area contributed by atoms with Gasteiger partial charge in [0.1, 0.15) is 0 Å². The van der Waals surface area contributed by atoms with Gasteiger partial charge in [-0.2, -0.15) is 0 Å². The molecule has 4 aromatic rings. The Balaban J connectivity index is 1.62. The maximum atomic E-state index is 2.38. The van der Waals surface area contributed by atoms with Crippen molar-refractivity contribution < 1.29 is 0 Å². The van der Waals surface area contributed by atoms with Crippen molar-refractivity contribution in [2.45, 2.75) is 62.2 Å². The minimum absolute atomic E-state index is 0.409. The fraction of sp³-hybridized carbons (Fsp3) is 0.278. The van der Waals surface area contributed by atoms with Crippen LogP contribution in [0.2, 0.25) is 0 Å². The van der Waals surface area contributed by atoms with Gasteiger partial charge in [-0.15, -0.1) is 0 Å². The van der Waals surface area contributed by atoms with E-state index in [1.54, 1.807) is 11.1 Å². The first kappa shape index (κ1) is 23.0. The molecule has 36 heavy (non-hydrogen) atoms. The third-order valence-electron chi connectivity index (χ3n) is 8.62. The van der Waals surface area contributed by atoms with Crippen molar-refractivity contribution in [3.05, 3.63) is 155 Å². The van der Waals surface area contributed by atoms with Gasteiger partial charge >= 0.3 is 0 Å². The number of benzene rings is 4. The summed E-state index contributed by atoms with van der Waals surface area (Å²) in [7, 11) is 0. The van der Waals surface area contributed by atoms with Crippen LogP contribution in [0.1, 0.15) is 84.5 Å². The third-order valence-corrected chi connectivity index (χ3v) is 8.62. The SMILES string of the molecule is c1ccc(C2CC(c3ccccc3)C(c3ccccc3)C(=C3CCCCC3)C2c2ccccc2)cc1. The molecule has 4 unspecified atom stereocenters. The average Bonchev–Trinajstić information content (AvgIpc) is 2.98. The van der Waals surface area contributed by atoms with E-state index in [1.165, 1.54) is 54.4 Å². The molecule has 0 nitrogen and oxygen atoms in total. The highest BCUT2D eigenvalue weighted by atomic mass is 14.5. The van der Waals surface area contributed by atoms with Crippen LogP contribution in [0.25, 0.3) is 0 Å². The van der Waals surface area contributed by atoms with Crippen molar-refractivity contribution in [2.24, 2.45) is 0 Å². The van der Waals surface area contributed by atoms with E-state index < -0.39 is 0 Å². The molecule has 0 amide bonds. The van der Waals surface area contributed by atoms with E-state index in [9.17, 15) is 0 Å². The van der Waals surface area contributed by atoms with Crippen LogP contribution < -0.4 is 0 Å². The molecule has 4 aromatic carbocycles. The fourth-order valence-electron chi connectivity index (χ4n) is 7.08. The Labute approximate surface area is 216 Å². The lowest BCUT2D eigenvalue weighted by Gasteiger charge is -2.47. The van der Waals surface area contributed by atoms with Gasteiger partial charge in [-0.25, -0.2) is 0 Å². The molecule has 2 aliphatic carbocycles. The van der Waals surface area contributed by atoms with Crippen molar-refractivity contribution >= 4 is 0 Å². The van der Waals surface area contributed by atoms with Crippen LogP contribution in [-0.4, -0.2) is 0 Å². The van der Waals surface area contributed by atoms with Gasteiger partial charge < -0.3 is 0 Å². The highest BCUT2D eigenvalue weighted by Crippen LogP contribution is 2.60. The molecule has 0 spiro atoms. The quantitative estimate of drug-likeness (QED) is 0.261. The standard InChI is InChI=1S/C36H36/c1-6-16-27(17-7-1)32-26-33(28-18-8-2-9-19-28)35(30-22-12-4-13-23-30)36(31-24-14-5-15-25-31)34(32)29-20-10-3-11-21-29/h1-4,6-13,16-23,32-35H,5,14-15,24-26H2. The lowest BCUT2D eigenvalue weighted by Crippen LogP contribution is -2.31. The van der Waals surface area contributed by atoms with Crippen molar-refractivity contribution in [1.82, 2.24) is 0 Å². The molecule has 4 atom stereocenters. The molecule has 180 valence electrons. The smallest absolute Gasteiger partial charge is 0.0126 e. The fourth-order valence-corrected chi connectivity index (χ4v) is 7.08. The van der Waals surface area contributed by atoms with Crippen LogP contribution in [0.3, 0.4) is 0 Å². The molecule has 0 aromatic heterocycles. The minimum atomic E-state index is 0.409. The zero-order valence-corrected chi connectivity index (χ0v) is 21.1. The maximum absolute atomic E-state index is 2.38. The van der Waals surface area contributed by atoms with E-state index >= 15 is 0 Å². The number of allylic oxidation sites excluding steroid dienone is 2. The first-order valence-corrected chi connectivity index (χ1v) is 13.8. The summed E-state index contributed by atoms with van der Waals surface area (Å²) in [6, 6.07) is 45.5. The van der Waals surface area contributed by atoms with Gasteiger partial charge in [0.15, 0.2) is 0 Å². The van der Waals surface area contributed by atoms with Crippen molar-refractivity contribution in [3.8, 4) is 0 Å². The predicted molar refractivity (Wildman–Crippen MR) is 151 cm³/mol. The second-order valence-electron chi connectivity index (χ2n) is 10.7. The molecular formula is C36H36. The van der Waals surface area contributed by atoms with Crippen molar-refractivity contribution in [3.63, 3.8) is 0 Å². The summed E-state index contributed by atoms with van der Waals surface area (Å²) in [6.07, 6.45) is 7.69. The molecular weight excluding hydrogens is 432 g/mol. The van der Waals surface area contributed by atoms with E-state index in [-0.39, 0.29) is 0 Å². The Morgan fingerprint density at radius 3 is 1.14 bits per heavy atom. The van der Waals surface area contributed by atoms with Crippen LogP contribution in [0.4, 0.5) is 0 Å². The molecule has 0 heteroatoms. The molecule has 2 aliphatic rings. The topological polar surface area (TPSA) is 0 Å². The van der Waals surface area contributed by atoms with E-state index in [0.29, 0.717) is 23.7 Å². The third kappa shape index (κ3) is 4.58. The van der Waals surface area contributed by atoms with Gasteiger partial charge in [-0.3, -0.25) is 0 Å². The van der Waals surface area contributed by atoms with Crippen molar-refractivity contribution in [2.75, 3.05) is 0 Å². The van der Waals surface area contributed by atoms with Gasteiger partial charge in [0, 0.05) is 11.8 Å². The largest absolute Gasteiger partial charge is 0.0697 e. The second kappa shape index (κ2) is 10.7. The van der Waals surface area contributed by atoms with E-state index in [0.717, 1.165) is 6.42 Å². The van der Waals surface area contributed by atoms with Crippen molar-refractivity contribution in [1.29, 1.82) is 0 Å². The number of hydrogen-bond donors (Lipinski definition) is 0. The van der Waals surface area contributed by atoms with E-state index in [4.69, 9.17) is 0 Å². The molecule has 0 N–H and O–H groups in total. The highest BCUT2D eigenvalue weighted by Gasteiger charge is 2.44. The molecule has 0 bridgehead atoms. The first-order chi connectivity index (χ1) is 17.9. The van der Waals surface area contributed by atoms with Gasteiger partial charge in [0.2, 0.25) is 0 Å². The van der Waals surface area contributed by atoms with Gasteiger partial charge in [-0.1, -0.05) is 139 Å². The Kier molecular flexibility index (Phi) is 6.85. The number of rotatable bonds is 4. The molecule has 2 saturated carbocycles. The van der Waals surface area contributed by atoms with E-state index in [2.05, 4.69) is 121 Å². The predicted octanol–water partition coefficient (Wildman–Crippen LogP) is 9.79. The summed E-state index contributed by atoms with van der Waals surface area (Å²) >= 11 is 0. The molecule has 0 aliphatic heterocycles. The van der Waals surface area contributed by atoms with Crippen LogP contribution in [0, 0.1) is 0 Å². The van der Waals surface area contributed by atoms with E-state index in [1.807, 2.05) is 0 Å². The zero-order valence-electron chi connectivity index (χ0n) is 21.1. The van der Waals surface area contributed by atoms with Gasteiger partial charge in [-0.05, 0) is 66.2 Å². The normalized spacial score (nSPS) is 24.4. The maximum Gasteiger partial charge on any atom is 0.0126 e. The second-order valence-corrected chi connectivity index (χ2v) is 10.7. The summed E-state index contributed by atoms with van der Waals surface area (Å²) in [5.74, 6) is 1.74. The van der Waals surface area contributed by atoms with Crippen LogP contribution in [-0.2, 0) is 0 Å². The summed E-state index contributed by atoms with van der Waals surface area (Å²) in [6.45, 7) is 0. The Morgan fingerprint density at radius 2 is 0.750 bits per heavy atom. The summed E-state index contributed by atoms with van der Waals surface area (Å²) < 4.78 is 0. The summed E-state index contributed by atoms with van der Waals surface area (Å²) in [5.41, 5.74) is 9.38. The minimum Gasteiger partial charge on any atom is -0.0697 e. The lowest BCUT2D eigenvalue weighted by molar-refractivity contribution is 0.375. The number of hydrogen-bond acceptors (Lipinski definition) is 0. The monoisotopic (exact) mass is 468 g/mol. The molecule has 6 rings (SSSR count). The summed E-state index contributed by atoms with van der Waals surface area (Å²) in [4.78, 5) is 0. The van der Waals surface area contributed by atoms with Gasteiger partial charge in [0.05, 0.1) is 0 Å². The highest BCUT2D eigenvalue weighted by molar-refractivity contribution is 5.49. The molecule has 0 saturated heterocycles. The van der Waals surface area contributed by atoms with Crippen LogP contribution in [0.5, 0.6) is 0 Å². The van der Waals surface area contributed by atoms with Crippen LogP contribution in [0.15, 0.2) is 132 Å². The summed E-state index contributed by atoms with van der Waals surface area (Å²) in [5, 5.41) is 0. The zero-order chi connectivity index (χ0) is 24.2. The Morgan fingerprint density at radius 1 is 0.389 bits per heavy atom.